The average molecular weight is 317 g/mol. The number of likely N-dealkylation sites (tertiary alicyclic amines) is 1. The van der Waals surface area contributed by atoms with Crippen molar-refractivity contribution >= 4 is 5.97 Å². The van der Waals surface area contributed by atoms with Crippen LogP contribution in [-0.4, -0.2) is 48.0 Å². The van der Waals surface area contributed by atoms with Crippen LogP contribution in [0.25, 0.3) is 0 Å². The molecular formula is C15H18F3NO3. The number of piperidine rings is 1. The van der Waals surface area contributed by atoms with Crippen LogP contribution in [0, 0.1) is 0 Å². The summed E-state index contributed by atoms with van der Waals surface area (Å²) in [5, 5.41) is 9.71. The summed E-state index contributed by atoms with van der Waals surface area (Å²) in [6, 6.07) is 7.99. The molecule has 2 rings (SSSR count). The molecule has 0 aliphatic carbocycles. The first-order valence-corrected chi connectivity index (χ1v) is 6.94. The maximum absolute atomic E-state index is 12.8. The number of rotatable bonds is 3. The van der Waals surface area contributed by atoms with Gasteiger partial charge in [-0.15, -0.1) is 0 Å². The lowest BCUT2D eigenvalue weighted by Gasteiger charge is -2.41. The number of ether oxygens (including phenoxy) is 1. The third-order valence-corrected chi connectivity index (χ3v) is 4.06. The van der Waals surface area contributed by atoms with Crippen LogP contribution >= 0.6 is 0 Å². The number of hydrogen-bond acceptors (Lipinski definition) is 4. The molecular weight excluding hydrogens is 299 g/mol. The number of carbonyl (C=O) groups excluding carboxylic acids is 1. The van der Waals surface area contributed by atoms with Crippen molar-refractivity contribution in [2.24, 2.45) is 0 Å². The predicted molar refractivity (Wildman–Crippen MR) is 73.0 cm³/mol. The first kappa shape index (κ1) is 16.8. The first-order chi connectivity index (χ1) is 10.3. The van der Waals surface area contributed by atoms with Gasteiger partial charge in [-0.2, -0.15) is 13.2 Å². The van der Waals surface area contributed by atoms with Crippen LogP contribution in [0.3, 0.4) is 0 Å². The molecule has 0 saturated carbocycles. The molecule has 1 aromatic rings. The minimum atomic E-state index is -4.66. The summed E-state index contributed by atoms with van der Waals surface area (Å²) in [5.41, 5.74) is -2.02. The summed E-state index contributed by atoms with van der Waals surface area (Å²) in [6.07, 6.45) is -5.58. The summed E-state index contributed by atoms with van der Waals surface area (Å²) < 4.78 is 43.3. The highest BCUT2D eigenvalue weighted by atomic mass is 19.4. The summed E-state index contributed by atoms with van der Waals surface area (Å²) in [6.45, 7) is -0.0741. The van der Waals surface area contributed by atoms with Crippen molar-refractivity contribution in [2.45, 2.75) is 30.7 Å². The highest BCUT2D eigenvalue weighted by molar-refractivity contribution is 5.77. The van der Waals surface area contributed by atoms with Crippen LogP contribution in [0.1, 0.15) is 24.4 Å². The summed E-state index contributed by atoms with van der Waals surface area (Å²) in [4.78, 5) is 13.6. The molecule has 0 spiro atoms. The zero-order chi connectivity index (χ0) is 16.4. The van der Waals surface area contributed by atoms with E-state index < -0.39 is 36.6 Å². The van der Waals surface area contributed by atoms with Crippen molar-refractivity contribution in [3.63, 3.8) is 0 Å². The van der Waals surface area contributed by atoms with E-state index in [-0.39, 0.29) is 13.1 Å². The Morgan fingerprint density at radius 2 is 1.82 bits per heavy atom. The highest BCUT2D eigenvalue weighted by Gasteiger charge is 2.55. The van der Waals surface area contributed by atoms with E-state index in [0.717, 1.165) is 0 Å². The lowest BCUT2D eigenvalue weighted by atomic mass is 9.89. The molecule has 1 saturated heterocycles. The van der Waals surface area contributed by atoms with Gasteiger partial charge in [-0.3, -0.25) is 4.90 Å². The topological polar surface area (TPSA) is 49.8 Å². The fraction of sp³-hybridized carbons (Fsp3) is 0.533. The van der Waals surface area contributed by atoms with Gasteiger partial charge in [0.05, 0.1) is 7.11 Å². The van der Waals surface area contributed by atoms with Crippen molar-refractivity contribution in [1.82, 2.24) is 4.90 Å². The Balaban J connectivity index is 2.17. The third-order valence-electron chi connectivity index (χ3n) is 4.06. The molecule has 4 nitrogen and oxygen atoms in total. The normalized spacial score (nSPS) is 20.4. The lowest BCUT2D eigenvalue weighted by molar-refractivity contribution is -0.273. The van der Waals surface area contributed by atoms with E-state index in [1.807, 2.05) is 0 Å². The van der Waals surface area contributed by atoms with Gasteiger partial charge in [0, 0.05) is 13.1 Å². The number of methoxy groups -OCH3 is 1. The highest BCUT2D eigenvalue weighted by Crippen LogP contribution is 2.40. The summed E-state index contributed by atoms with van der Waals surface area (Å²) >= 11 is 0. The van der Waals surface area contributed by atoms with Gasteiger partial charge in [0.2, 0.25) is 0 Å². The minimum Gasteiger partial charge on any atom is -0.468 e. The summed E-state index contributed by atoms with van der Waals surface area (Å²) in [7, 11) is 1.24. The van der Waals surface area contributed by atoms with Gasteiger partial charge in [-0.05, 0) is 18.4 Å². The number of esters is 1. The molecule has 1 aliphatic heterocycles. The van der Waals surface area contributed by atoms with Crippen LogP contribution < -0.4 is 0 Å². The van der Waals surface area contributed by atoms with E-state index in [9.17, 15) is 23.1 Å². The molecule has 1 fully saturated rings. The van der Waals surface area contributed by atoms with Crippen LogP contribution in [-0.2, 0) is 9.53 Å². The molecule has 0 aromatic heterocycles. The van der Waals surface area contributed by atoms with E-state index in [2.05, 4.69) is 0 Å². The fourth-order valence-corrected chi connectivity index (χ4v) is 2.68. The smallest absolute Gasteiger partial charge is 0.417 e. The minimum absolute atomic E-state index is 0.0370. The Hall–Kier alpha value is -1.60. The monoisotopic (exact) mass is 317 g/mol. The molecule has 1 aromatic carbocycles. The predicted octanol–water partition coefficient (Wildman–Crippen LogP) is 2.29. The second kappa shape index (κ2) is 6.26. The van der Waals surface area contributed by atoms with Crippen molar-refractivity contribution < 1.29 is 27.8 Å². The quantitative estimate of drug-likeness (QED) is 0.869. The zero-order valence-electron chi connectivity index (χ0n) is 12.1. The van der Waals surface area contributed by atoms with Crippen molar-refractivity contribution in [2.75, 3.05) is 20.2 Å². The molecule has 122 valence electrons. The number of alkyl halides is 3. The molecule has 0 bridgehead atoms. The number of halogens is 3. The van der Waals surface area contributed by atoms with Gasteiger partial charge < -0.3 is 9.84 Å². The van der Waals surface area contributed by atoms with Gasteiger partial charge in [0.15, 0.2) is 5.60 Å². The number of hydrogen-bond donors (Lipinski definition) is 1. The van der Waals surface area contributed by atoms with E-state index in [4.69, 9.17) is 4.74 Å². The first-order valence-electron chi connectivity index (χ1n) is 6.94. The van der Waals surface area contributed by atoms with E-state index in [1.165, 1.54) is 7.11 Å². The second-order valence-corrected chi connectivity index (χ2v) is 5.40. The fourth-order valence-electron chi connectivity index (χ4n) is 2.68. The molecule has 22 heavy (non-hydrogen) atoms. The molecule has 0 amide bonds. The Morgan fingerprint density at radius 1 is 1.27 bits per heavy atom. The van der Waals surface area contributed by atoms with Crippen LogP contribution in [0.4, 0.5) is 13.2 Å². The van der Waals surface area contributed by atoms with E-state index in [1.54, 1.807) is 35.2 Å². The molecule has 0 radical (unpaired) electrons. The Labute approximate surface area is 126 Å². The maximum atomic E-state index is 12.8. The van der Waals surface area contributed by atoms with E-state index in [0.29, 0.717) is 5.56 Å². The Kier molecular flexibility index (Phi) is 4.77. The zero-order valence-corrected chi connectivity index (χ0v) is 12.1. The Morgan fingerprint density at radius 3 is 2.27 bits per heavy atom. The third kappa shape index (κ3) is 3.25. The van der Waals surface area contributed by atoms with E-state index >= 15 is 0 Å². The lowest BCUT2D eigenvalue weighted by Crippen LogP contribution is -2.54. The molecule has 1 N–H and O–H groups in total. The van der Waals surface area contributed by atoms with Crippen molar-refractivity contribution in [3.8, 4) is 0 Å². The van der Waals surface area contributed by atoms with Gasteiger partial charge in [-0.1, -0.05) is 30.3 Å². The molecule has 1 heterocycles. The molecule has 1 unspecified atom stereocenters. The van der Waals surface area contributed by atoms with Gasteiger partial charge in [0.25, 0.3) is 0 Å². The summed E-state index contributed by atoms with van der Waals surface area (Å²) in [5.74, 6) is -0.524. The van der Waals surface area contributed by atoms with Crippen molar-refractivity contribution in [1.29, 1.82) is 0 Å². The van der Waals surface area contributed by atoms with Crippen LogP contribution in [0.15, 0.2) is 30.3 Å². The van der Waals surface area contributed by atoms with Gasteiger partial charge in [-0.25, -0.2) is 4.79 Å². The maximum Gasteiger partial charge on any atom is 0.417 e. The van der Waals surface area contributed by atoms with Gasteiger partial charge >= 0.3 is 12.1 Å². The largest absolute Gasteiger partial charge is 0.468 e. The number of aliphatic hydroxyl groups is 1. The second-order valence-electron chi connectivity index (χ2n) is 5.40. The van der Waals surface area contributed by atoms with Crippen molar-refractivity contribution in [3.05, 3.63) is 35.9 Å². The molecule has 1 atom stereocenters. The number of benzene rings is 1. The molecule has 1 aliphatic rings. The Bertz CT molecular complexity index is 511. The SMILES string of the molecule is COC(=O)C(c1ccccc1)N1CCC(O)(C(F)(F)F)CC1. The number of carbonyl (C=O) groups is 1. The average Bonchev–Trinajstić information content (AvgIpc) is 2.49. The van der Waals surface area contributed by atoms with Gasteiger partial charge in [0.1, 0.15) is 6.04 Å². The molecule has 7 heteroatoms. The van der Waals surface area contributed by atoms with Crippen LogP contribution in [0.2, 0.25) is 0 Å². The standard InChI is InChI=1S/C15H18F3NO3/c1-22-13(20)12(11-5-3-2-4-6-11)19-9-7-14(21,8-10-19)15(16,17)18/h2-6,12,21H,7-10H2,1H3. The number of nitrogens with zero attached hydrogens (tertiary/aromatic N) is 1. The van der Waals surface area contributed by atoms with Crippen LogP contribution in [0.5, 0.6) is 0 Å².